The highest BCUT2D eigenvalue weighted by atomic mass is 15.2. The van der Waals surface area contributed by atoms with Crippen LogP contribution in [0.25, 0.3) is 0 Å². The maximum Gasteiger partial charge on any atom is 0.0342 e. The molecule has 148 valence electrons. The van der Waals surface area contributed by atoms with E-state index in [1.165, 1.54) is 89.3 Å². The smallest absolute Gasteiger partial charge is 0.0342 e. The van der Waals surface area contributed by atoms with Gasteiger partial charge in [-0.1, -0.05) is 56.7 Å². The van der Waals surface area contributed by atoms with Gasteiger partial charge in [0, 0.05) is 30.4 Å². The fourth-order valence-electron chi connectivity index (χ4n) is 7.02. The first-order valence-corrected chi connectivity index (χ1v) is 11.9. The van der Waals surface area contributed by atoms with Gasteiger partial charge in [0.1, 0.15) is 0 Å². The molecular formula is C25H38N2. The van der Waals surface area contributed by atoms with Crippen LogP contribution in [-0.2, 0) is 0 Å². The lowest BCUT2D eigenvalue weighted by atomic mass is 9.86. The Kier molecular flexibility index (Phi) is 5.45. The normalized spacial score (nSPS) is 40.0. The van der Waals surface area contributed by atoms with Gasteiger partial charge in [-0.15, -0.1) is 0 Å². The zero-order chi connectivity index (χ0) is 18.1. The standard InChI is InChI=1S/C25H38N2/c1-2-9-22(10-3-1)26-23-14-21-8-5-11-24(17-23)27(18-21)25-15-19-6-4-7-20(16-25)13-12-19/h1-3,9-10,19-21,23-26H,4-8,11-18H2. The van der Waals surface area contributed by atoms with E-state index in [-0.39, 0.29) is 0 Å². The maximum absolute atomic E-state index is 3.90. The summed E-state index contributed by atoms with van der Waals surface area (Å²) in [7, 11) is 0. The van der Waals surface area contributed by atoms with Crippen LogP contribution in [-0.4, -0.2) is 29.6 Å². The molecule has 2 saturated carbocycles. The van der Waals surface area contributed by atoms with E-state index >= 15 is 0 Å². The second-order valence-corrected chi connectivity index (χ2v) is 10.2. The first kappa shape index (κ1) is 18.0. The second kappa shape index (κ2) is 8.15. The van der Waals surface area contributed by atoms with E-state index in [4.69, 9.17) is 0 Å². The van der Waals surface area contributed by atoms with E-state index in [9.17, 15) is 0 Å². The second-order valence-electron chi connectivity index (χ2n) is 10.2. The van der Waals surface area contributed by atoms with Crippen LogP contribution in [0.5, 0.6) is 0 Å². The van der Waals surface area contributed by atoms with Gasteiger partial charge < -0.3 is 5.32 Å². The molecule has 5 rings (SSSR count). The summed E-state index contributed by atoms with van der Waals surface area (Å²) in [6, 6.07) is 13.3. The van der Waals surface area contributed by atoms with Crippen molar-refractivity contribution in [3.63, 3.8) is 0 Å². The van der Waals surface area contributed by atoms with Crippen molar-refractivity contribution in [2.24, 2.45) is 17.8 Å². The molecule has 2 aliphatic carbocycles. The van der Waals surface area contributed by atoms with Crippen molar-refractivity contribution in [1.29, 1.82) is 0 Å². The number of hydrogen-bond acceptors (Lipinski definition) is 2. The molecule has 2 heteroatoms. The lowest BCUT2D eigenvalue weighted by Crippen LogP contribution is -2.45. The molecule has 1 aromatic carbocycles. The average Bonchev–Trinajstić information content (AvgIpc) is 3.12. The topological polar surface area (TPSA) is 15.3 Å². The Hall–Kier alpha value is -1.02. The highest BCUT2D eigenvalue weighted by Crippen LogP contribution is 2.42. The Morgan fingerprint density at radius 2 is 1.37 bits per heavy atom. The van der Waals surface area contributed by atoms with Crippen LogP contribution in [0.1, 0.15) is 77.0 Å². The molecule has 2 saturated heterocycles. The monoisotopic (exact) mass is 366 g/mol. The molecule has 2 aliphatic heterocycles. The van der Waals surface area contributed by atoms with Crippen LogP contribution in [0.3, 0.4) is 0 Å². The van der Waals surface area contributed by atoms with Crippen molar-refractivity contribution in [3.05, 3.63) is 30.3 Å². The zero-order valence-electron chi connectivity index (χ0n) is 17.0. The lowest BCUT2D eigenvalue weighted by Gasteiger charge is -2.39. The van der Waals surface area contributed by atoms with E-state index in [1.807, 2.05) is 0 Å². The summed E-state index contributed by atoms with van der Waals surface area (Å²) in [6.45, 7) is 1.39. The van der Waals surface area contributed by atoms with Crippen molar-refractivity contribution >= 4 is 5.69 Å². The molecule has 1 N–H and O–H groups in total. The zero-order valence-corrected chi connectivity index (χ0v) is 17.0. The number of nitrogens with zero attached hydrogens (tertiary/aromatic N) is 1. The maximum atomic E-state index is 3.90. The summed E-state index contributed by atoms with van der Waals surface area (Å²) in [4.78, 5) is 3.06. The van der Waals surface area contributed by atoms with Crippen LogP contribution >= 0.6 is 0 Å². The molecule has 27 heavy (non-hydrogen) atoms. The van der Waals surface area contributed by atoms with Crippen molar-refractivity contribution in [2.75, 3.05) is 11.9 Å². The van der Waals surface area contributed by atoms with Gasteiger partial charge in [-0.25, -0.2) is 0 Å². The number of hydrogen-bond donors (Lipinski definition) is 1. The molecule has 2 heterocycles. The number of benzene rings is 1. The van der Waals surface area contributed by atoms with E-state index in [2.05, 4.69) is 40.5 Å². The molecule has 4 aliphatic rings. The van der Waals surface area contributed by atoms with Crippen molar-refractivity contribution in [1.82, 2.24) is 4.90 Å². The molecule has 5 unspecified atom stereocenters. The Bertz CT molecular complexity index is 586. The number of rotatable bonds is 3. The molecule has 4 bridgehead atoms. The molecule has 0 radical (unpaired) electrons. The van der Waals surface area contributed by atoms with Crippen molar-refractivity contribution < 1.29 is 0 Å². The minimum atomic E-state index is 0.665. The van der Waals surface area contributed by atoms with Gasteiger partial charge in [0.05, 0.1) is 0 Å². The first-order chi connectivity index (χ1) is 13.3. The van der Waals surface area contributed by atoms with Crippen LogP contribution in [0, 0.1) is 17.8 Å². The minimum Gasteiger partial charge on any atom is -0.382 e. The van der Waals surface area contributed by atoms with Gasteiger partial charge in [-0.05, 0) is 68.4 Å². The Morgan fingerprint density at radius 1 is 0.667 bits per heavy atom. The molecule has 2 nitrogen and oxygen atoms in total. The summed E-state index contributed by atoms with van der Waals surface area (Å²) in [6.07, 6.45) is 17.7. The van der Waals surface area contributed by atoms with Gasteiger partial charge in [0.2, 0.25) is 0 Å². The first-order valence-electron chi connectivity index (χ1n) is 11.9. The summed E-state index contributed by atoms with van der Waals surface area (Å²) in [5.74, 6) is 2.97. The molecule has 0 spiro atoms. The predicted molar refractivity (Wildman–Crippen MR) is 114 cm³/mol. The summed E-state index contributed by atoms with van der Waals surface area (Å²) >= 11 is 0. The van der Waals surface area contributed by atoms with Crippen LogP contribution in [0.2, 0.25) is 0 Å². The third-order valence-electron chi connectivity index (χ3n) is 8.29. The fraction of sp³-hybridized carbons (Fsp3) is 0.760. The van der Waals surface area contributed by atoms with Crippen LogP contribution < -0.4 is 5.32 Å². The number of para-hydroxylation sites is 1. The highest BCUT2D eigenvalue weighted by molar-refractivity contribution is 5.43. The fourth-order valence-corrected chi connectivity index (χ4v) is 7.02. The third kappa shape index (κ3) is 4.21. The van der Waals surface area contributed by atoms with Gasteiger partial charge in [-0.2, -0.15) is 0 Å². The van der Waals surface area contributed by atoms with E-state index in [0.717, 1.165) is 29.8 Å². The largest absolute Gasteiger partial charge is 0.382 e. The van der Waals surface area contributed by atoms with E-state index < -0.39 is 0 Å². The Morgan fingerprint density at radius 3 is 2.15 bits per heavy atom. The van der Waals surface area contributed by atoms with Crippen molar-refractivity contribution in [2.45, 2.75) is 95.2 Å². The SMILES string of the molecule is c1ccc(NC2CC3CCCC(C2)N(C2CC4CCCC(CC4)C2)C3)cc1. The number of anilines is 1. The molecular weight excluding hydrogens is 328 g/mol. The van der Waals surface area contributed by atoms with Crippen LogP contribution in [0.15, 0.2) is 30.3 Å². The summed E-state index contributed by atoms with van der Waals surface area (Å²) < 4.78 is 0. The van der Waals surface area contributed by atoms with Gasteiger partial charge in [0.25, 0.3) is 0 Å². The average molecular weight is 367 g/mol. The highest BCUT2D eigenvalue weighted by Gasteiger charge is 2.39. The van der Waals surface area contributed by atoms with Gasteiger partial charge >= 0.3 is 0 Å². The number of nitrogens with one attached hydrogen (secondary N) is 1. The van der Waals surface area contributed by atoms with Gasteiger partial charge in [0.15, 0.2) is 0 Å². The third-order valence-corrected chi connectivity index (χ3v) is 8.29. The lowest BCUT2D eigenvalue weighted by molar-refractivity contribution is 0.0916. The molecule has 0 amide bonds. The predicted octanol–water partition coefficient (Wildman–Crippen LogP) is 6.09. The summed E-state index contributed by atoms with van der Waals surface area (Å²) in [5, 5.41) is 3.90. The van der Waals surface area contributed by atoms with Gasteiger partial charge in [-0.3, -0.25) is 4.90 Å². The molecule has 5 atom stereocenters. The molecule has 0 aromatic heterocycles. The molecule has 4 fully saturated rings. The summed E-state index contributed by atoms with van der Waals surface area (Å²) in [5.41, 5.74) is 1.32. The quantitative estimate of drug-likeness (QED) is 0.696. The van der Waals surface area contributed by atoms with Crippen molar-refractivity contribution in [3.8, 4) is 0 Å². The number of fused-ring (bicyclic) bond motifs is 6. The van der Waals surface area contributed by atoms with E-state index in [0.29, 0.717) is 6.04 Å². The minimum absolute atomic E-state index is 0.665. The van der Waals surface area contributed by atoms with E-state index in [1.54, 1.807) is 0 Å². The Labute approximate surface area is 166 Å². The van der Waals surface area contributed by atoms with Crippen LogP contribution in [0.4, 0.5) is 5.69 Å². The molecule has 1 aromatic rings. The Balaban J connectivity index is 1.32.